The minimum absolute atomic E-state index is 0.266. The van der Waals surface area contributed by atoms with Crippen molar-refractivity contribution >= 4 is 5.91 Å². The van der Waals surface area contributed by atoms with E-state index < -0.39 is 86.8 Å². The second kappa shape index (κ2) is 34.8. The highest BCUT2D eigenvalue weighted by atomic mass is 16.7. The smallest absolute Gasteiger partial charge is 0.220 e. The molecule has 0 spiro atoms. The van der Waals surface area contributed by atoms with Crippen LogP contribution >= 0.6 is 0 Å². The first-order chi connectivity index (χ1) is 29.6. The van der Waals surface area contributed by atoms with Crippen LogP contribution in [0.1, 0.15) is 174 Å². The number of rotatable bonds is 36. The SMILES string of the molecule is CCCCCCCCCCCCCCCCCCC/C=C/CC/C=C/C(O)C(COC1OC(CO)C(OC2OC(CO)C(O)C(O)C2O)C(O)C1O)NC(=O)CCCCCC. The van der Waals surface area contributed by atoms with Gasteiger partial charge in [-0.1, -0.05) is 160 Å². The highest BCUT2D eigenvalue weighted by molar-refractivity contribution is 5.76. The Balaban J connectivity index is 1.74. The number of carbonyl (C=O) groups excluding carboxylic acids is 1. The molecule has 2 fully saturated rings. The number of hydrogen-bond acceptors (Lipinski definition) is 13. The van der Waals surface area contributed by atoms with Crippen LogP contribution in [0.5, 0.6) is 0 Å². The Morgan fingerprint density at radius 2 is 1.05 bits per heavy atom. The number of carbonyl (C=O) groups is 1. The Hall–Kier alpha value is -1.53. The number of amides is 1. The van der Waals surface area contributed by atoms with E-state index in [1.165, 1.54) is 109 Å². The van der Waals surface area contributed by atoms with Crippen LogP contribution < -0.4 is 5.32 Å². The zero-order chi connectivity index (χ0) is 44.7. The summed E-state index contributed by atoms with van der Waals surface area (Å²) < 4.78 is 22.5. The fraction of sp³-hybridized carbons (Fsp3) is 0.894. The number of nitrogens with one attached hydrogen (secondary N) is 1. The Morgan fingerprint density at radius 1 is 0.574 bits per heavy atom. The maximum Gasteiger partial charge on any atom is 0.220 e. The predicted octanol–water partition coefficient (Wildman–Crippen LogP) is 5.38. The number of aliphatic hydroxyl groups excluding tert-OH is 8. The lowest BCUT2D eigenvalue weighted by molar-refractivity contribution is -0.359. The molecule has 0 bridgehead atoms. The molecule has 0 aromatic carbocycles. The van der Waals surface area contributed by atoms with Gasteiger partial charge in [0.1, 0.15) is 48.8 Å². The van der Waals surface area contributed by atoms with Crippen LogP contribution in [0.4, 0.5) is 0 Å². The molecule has 358 valence electrons. The molecule has 2 heterocycles. The van der Waals surface area contributed by atoms with Gasteiger partial charge in [-0.2, -0.15) is 0 Å². The van der Waals surface area contributed by atoms with Gasteiger partial charge in [0.15, 0.2) is 12.6 Å². The Labute approximate surface area is 367 Å². The summed E-state index contributed by atoms with van der Waals surface area (Å²) in [5.74, 6) is -0.268. The molecule has 1 amide bonds. The molecule has 0 aromatic heterocycles. The standard InChI is InChI=1S/C47H87NO13/c1-3-5-7-9-10-11-12-13-14-15-16-17-18-19-20-21-22-23-24-25-26-27-28-30-36(51)35(48-39(52)31-29-8-6-4-2)34-58-46-44(57)42(55)45(38(33-50)60-46)61-47-43(56)41(54)40(53)37(32-49)59-47/h24-25,28,30,35-38,40-47,49-51,53-57H,3-23,26-27,29,31-34H2,1-2H3,(H,48,52)/b25-24+,30-28+. The van der Waals surface area contributed by atoms with Crippen LogP contribution in [-0.2, 0) is 23.7 Å². The van der Waals surface area contributed by atoms with E-state index in [0.29, 0.717) is 12.8 Å². The van der Waals surface area contributed by atoms with Gasteiger partial charge in [-0.25, -0.2) is 0 Å². The average molecular weight is 874 g/mol. The molecular weight excluding hydrogens is 787 g/mol. The van der Waals surface area contributed by atoms with Crippen molar-refractivity contribution in [3.05, 3.63) is 24.3 Å². The van der Waals surface area contributed by atoms with Gasteiger partial charge in [-0.3, -0.25) is 4.79 Å². The molecule has 0 saturated carbocycles. The van der Waals surface area contributed by atoms with Crippen molar-refractivity contribution < 1.29 is 64.6 Å². The van der Waals surface area contributed by atoms with Gasteiger partial charge in [0.2, 0.25) is 5.91 Å². The number of aliphatic hydroxyl groups is 8. The molecule has 0 radical (unpaired) electrons. The molecule has 9 N–H and O–H groups in total. The van der Waals surface area contributed by atoms with Gasteiger partial charge >= 0.3 is 0 Å². The third-order valence-electron chi connectivity index (χ3n) is 11.9. The summed E-state index contributed by atoms with van der Waals surface area (Å²) >= 11 is 0. The predicted molar refractivity (Wildman–Crippen MR) is 235 cm³/mol. The van der Waals surface area contributed by atoms with Crippen LogP contribution in [0, 0.1) is 0 Å². The number of allylic oxidation sites excluding steroid dienone is 3. The van der Waals surface area contributed by atoms with E-state index in [4.69, 9.17) is 18.9 Å². The summed E-state index contributed by atoms with van der Waals surface area (Å²) in [4.78, 5) is 12.8. The van der Waals surface area contributed by atoms with Gasteiger partial charge in [0, 0.05) is 6.42 Å². The molecule has 61 heavy (non-hydrogen) atoms. The molecule has 2 aliphatic rings. The molecule has 0 aliphatic carbocycles. The van der Waals surface area contributed by atoms with E-state index in [1.807, 2.05) is 6.08 Å². The molecule has 2 aliphatic heterocycles. The van der Waals surface area contributed by atoms with E-state index in [0.717, 1.165) is 32.1 Å². The average Bonchev–Trinajstić information content (AvgIpc) is 3.26. The number of unbranched alkanes of at least 4 members (excludes halogenated alkanes) is 21. The van der Waals surface area contributed by atoms with Gasteiger partial charge < -0.3 is 65.1 Å². The lowest BCUT2D eigenvalue weighted by atomic mass is 9.97. The van der Waals surface area contributed by atoms with E-state index in [9.17, 15) is 45.6 Å². The third kappa shape index (κ3) is 22.8. The zero-order valence-electron chi connectivity index (χ0n) is 37.7. The van der Waals surface area contributed by atoms with E-state index in [2.05, 4.69) is 31.3 Å². The number of hydrogen-bond donors (Lipinski definition) is 9. The molecule has 14 nitrogen and oxygen atoms in total. The normalized spacial score (nSPS) is 28.2. The van der Waals surface area contributed by atoms with Crippen LogP contribution in [0.3, 0.4) is 0 Å². The Morgan fingerprint density at radius 3 is 1.61 bits per heavy atom. The largest absolute Gasteiger partial charge is 0.394 e. The monoisotopic (exact) mass is 874 g/mol. The summed E-state index contributed by atoms with van der Waals surface area (Å²) in [6.07, 6.45) is 20.3. The van der Waals surface area contributed by atoms with E-state index >= 15 is 0 Å². The lowest BCUT2D eigenvalue weighted by Gasteiger charge is -2.46. The van der Waals surface area contributed by atoms with Gasteiger partial charge in [0.05, 0.1) is 32.0 Å². The van der Waals surface area contributed by atoms with Crippen molar-refractivity contribution in [1.29, 1.82) is 0 Å². The zero-order valence-corrected chi connectivity index (χ0v) is 37.7. The van der Waals surface area contributed by atoms with Crippen LogP contribution in [0.2, 0.25) is 0 Å². The van der Waals surface area contributed by atoms with Crippen LogP contribution in [-0.4, -0.2) is 140 Å². The minimum Gasteiger partial charge on any atom is -0.394 e. The van der Waals surface area contributed by atoms with Crippen molar-refractivity contribution in [2.75, 3.05) is 19.8 Å². The summed E-state index contributed by atoms with van der Waals surface area (Å²) in [5, 5.41) is 86.1. The highest BCUT2D eigenvalue weighted by Gasteiger charge is 2.51. The first-order valence-corrected chi connectivity index (χ1v) is 24.1. The molecule has 2 saturated heterocycles. The molecule has 2 rings (SSSR count). The maximum absolute atomic E-state index is 12.8. The van der Waals surface area contributed by atoms with E-state index in [1.54, 1.807) is 6.08 Å². The van der Waals surface area contributed by atoms with E-state index in [-0.39, 0.29) is 18.9 Å². The van der Waals surface area contributed by atoms with Gasteiger partial charge in [-0.15, -0.1) is 0 Å². The topological polar surface area (TPSA) is 228 Å². The summed E-state index contributed by atoms with van der Waals surface area (Å²) in [7, 11) is 0. The molecule has 14 heteroatoms. The van der Waals surface area contributed by atoms with Crippen molar-refractivity contribution in [3.63, 3.8) is 0 Å². The van der Waals surface area contributed by atoms with Crippen LogP contribution in [0.15, 0.2) is 24.3 Å². The first kappa shape index (κ1) is 55.6. The summed E-state index contributed by atoms with van der Waals surface area (Å²) in [6.45, 7) is 2.62. The highest BCUT2D eigenvalue weighted by Crippen LogP contribution is 2.30. The second-order valence-corrected chi connectivity index (χ2v) is 17.2. The van der Waals surface area contributed by atoms with Gasteiger partial charge in [-0.05, 0) is 32.1 Å². The molecule has 12 unspecified atom stereocenters. The third-order valence-corrected chi connectivity index (χ3v) is 11.9. The Kier molecular flexibility index (Phi) is 31.7. The Bertz CT molecular complexity index is 1130. The molecule has 0 aromatic rings. The second-order valence-electron chi connectivity index (χ2n) is 17.2. The van der Waals surface area contributed by atoms with Crippen LogP contribution in [0.25, 0.3) is 0 Å². The first-order valence-electron chi connectivity index (χ1n) is 24.1. The quantitative estimate of drug-likeness (QED) is 0.0285. The van der Waals surface area contributed by atoms with Crippen molar-refractivity contribution in [2.45, 2.75) is 248 Å². The minimum atomic E-state index is -1.79. The van der Waals surface area contributed by atoms with Gasteiger partial charge in [0.25, 0.3) is 0 Å². The van der Waals surface area contributed by atoms with Crippen molar-refractivity contribution in [1.82, 2.24) is 5.32 Å². The summed E-state index contributed by atoms with van der Waals surface area (Å²) in [5.41, 5.74) is 0. The maximum atomic E-state index is 12.8. The summed E-state index contributed by atoms with van der Waals surface area (Å²) in [6, 6.07) is -0.922. The molecule has 12 atom stereocenters. The lowest BCUT2D eigenvalue weighted by Crippen LogP contribution is -2.65. The van der Waals surface area contributed by atoms with Crippen molar-refractivity contribution in [3.8, 4) is 0 Å². The number of ether oxygens (including phenoxy) is 4. The van der Waals surface area contributed by atoms with Crippen molar-refractivity contribution in [2.24, 2.45) is 0 Å². The fourth-order valence-corrected chi connectivity index (χ4v) is 7.89. The molecular formula is C47H87NO13. The fourth-order valence-electron chi connectivity index (χ4n) is 7.89.